The first-order valence-corrected chi connectivity index (χ1v) is 5.54. The van der Waals surface area contributed by atoms with E-state index in [4.69, 9.17) is 0 Å². The number of esters is 2. The lowest BCUT2D eigenvalue weighted by molar-refractivity contribution is -0.153. The number of allylic oxidation sites excluding steroid dienone is 1. The van der Waals surface area contributed by atoms with Crippen LogP contribution < -0.4 is 0 Å². The summed E-state index contributed by atoms with van der Waals surface area (Å²) < 4.78 is 4.48. The van der Waals surface area contributed by atoms with Crippen molar-refractivity contribution in [3.8, 4) is 0 Å². The van der Waals surface area contributed by atoms with Gasteiger partial charge in [-0.15, -0.1) is 0 Å². The van der Waals surface area contributed by atoms with E-state index in [2.05, 4.69) is 18.2 Å². The quantitative estimate of drug-likeness (QED) is 0.293. The molecular formula is C12H18O3. The molecule has 0 bridgehead atoms. The van der Waals surface area contributed by atoms with E-state index >= 15 is 0 Å². The number of carbonyl (C=O) groups excluding carboxylic acids is 2. The van der Waals surface area contributed by atoms with Crippen molar-refractivity contribution in [2.24, 2.45) is 5.92 Å². The van der Waals surface area contributed by atoms with Gasteiger partial charge in [-0.05, 0) is 19.3 Å². The fourth-order valence-corrected chi connectivity index (χ4v) is 1.75. The zero-order valence-corrected chi connectivity index (χ0v) is 9.25. The Morgan fingerprint density at radius 3 is 2.73 bits per heavy atom. The third-order valence-corrected chi connectivity index (χ3v) is 2.63. The van der Waals surface area contributed by atoms with E-state index in [1.807, 2.05) is 0 Å². The van der Waals surface area contributed by atoms with E-state index in [0.29, 0.717) is 6.42 Å². The Balaban J connectivity index is 2.26. The summed E-state index contributed by atoms with van der Waals surface area (Å²) >= 11 is 0. The van der Waals surface area contributed by atoms with Crippen LogP contribution in [0, 0.1) is 5.92 Å². The highest BCUT2D eigenvalue weighted by Gasteiger charge is 2.33. The molecule has 1 heterocycles. The lowest BCUT2D eigenvalue weighted by Crippen LogP contribution is -2.08. The minimum Gasteiger partial charge on any atom is -0.393 e. The smallest absolute Gasteiger partial charge is 0.317 e. The number of rotatable bonds is 6. The molecule has 0 aromatic heterocycles. The van der Waals surface area contributed by atoms with Crippen LogP contribution >= 0.6 is 0 Å². The SMILES string of the molecule is C=C(CCCCC)CC1CC(=O)OC1=O. The van der Waals surface area contributed by atoms with Gasteiger partial charge in [0, 0.05) is 0 Å². The van der Waals surface area contributed by atoms with Crippen LogP contribution in [-0.4, -0.2) is 11.9 Å². The van der Waals surface area contributed by atoms with Gasteiger partial charge in [-0.1, -0.05) is 31.9 Å². The summed E-state index contributed by atoms with van der Waals surface area (Å²) in [7, 11) is 0. The Morgan fingerprint density at radius 1 is 1.47 bits per heavy atom. The van der Waals surface area contributed by atoms with Crippen LogP contribution in [-0.2, 0) is 14.3 Å². The van der Waals surface area contributed by atoms with Crippen LogP contribution in [0.25, 0.3) is 0 Å². The van der Waals surface area contributed by atoms with Gasteiger partial charge in [0.2, 0.25) is 0 Å². The van der Waals surface area contributed by atoms with Gasteiger partial charge in [-0.25, -0.2) is 0 Å². The van der Waals surface area contributed by atoms with Crippen LogP contribution in [0.1, 0.15) is 45.4 Å². The highest BCUT2D eigenvalue weighted by molar-refractivity contribution is 5.94. The van der Waals surface area contributed by atoms with Crippen molar-refractivity contribution in [3.05, 3.63) is 12.2 Å². The minimum absolute atomic E-state index is 0.228. The zero-order chi connectivity index (χ0) is 11.3. The first kappa shape index (κ1) is 12.0. The number of carbonyl (C=O) groups is 2. The molecule has 15 heavy (non-hydrogen) atoms. The third kappa shape index (κ3) is 3.86. The van der Waals surface area contributed by atoms with Gasteiger partial charge in [0.25, 0.3) is 0 Å². The fourth-order valence-electron chi connectivity index (χ4n) is 1.75. The normalized spacial score (nSPS) is 20.5. The molecule has 84 valence electrons. The van der Waals surface area contributed by atoms with Crippen LogP contribution in [0.5, 0.6) is 0 Å². The molecule has 1 fully saturated rings. The third-order valence-electron chi connectivity index (χ3n) is 2.63. The van der Waals surface area contributed by atoms with Crippen LogP contribution in [0.2, 0.25) is 0 Å². The van der Waals surface area contributed by atoms with Gasteiger partial charge < -0.3 is 4.74 Å². The highest BCUT2D eigenvalue weighted by atomic mass is 16.6. The first-order chi connectivity index (χ1) is 7.13. The van der Waals surface area contributed by atoms with E-state index in [0.717, 1.165) is 18.4 Å². The Bertz CT molecular complexity index is 268. The van der Waals surface area contributed by atoms with Crippen molar-refractivity contribution in [2.45, 2.75) is 45.4 Å². The summed E-state index contributed by atoms with van der Waals surface area (Å²) in [5.41, 5.74) is 1.06. The zero-order valence-electron chi connectivity index (χ0n) is 9.25. The van der Waals surface area contributed by atoms with E-state index < -0.39 is 5.97 Å². The maximum atomic E-state index is 11.2. The average molecular weight is 210 g/mol. The Labute approximate surface area is 90.5 Å². The first-order valence-electron chi connectivity index (χ1n) is 5.54. The molecular weight excluding hydrogens is 192 g/mol. The van der Waals surface area contributed by atoms with Crippen molar-refractivity contribution < 1.29 is 14.3 Å². The predicted octanol–water partition coefficient (Wildman–Crippen LogP) is 2.60. The van der Waals surface area contributed by atoms with Gasteiger partial charge in [0.15, 0.2) is 0 Å². The molecule has 3 heteroatoms. The standard InChI is InChI=1S/C12H18O3/c1-3-4-5-6-9(2)7-10-8-11(13)15-12(10)14/h10H,2-8H2,1H3. The molecule has 1 unspecified atom stereocenters. The molecule has 0 radical (unpaired) electrons. The molecule has 0 amide bonds. The average Bonchev–Trinajstić information content (AvgIpc) is 2.45. The van der Waals surface area contributed by atoms with Crippen LogP contribution in [0.4, 0.5) is 0 Å². The van der Waals surface area contributed by atoms with E-state index in [1.165, 1.54) is 12.8 Å². The minimum atomic E-state index is -0.397. The molecule has 0 aliphatic carbocycles. The summed E-state index contributed by atoms with van der Waals surface area (Å²) in [4.78, 5) is 22.0. The molecule has 0 aromatic carbocycles. The van der Waals surface area contributed by atoms with Crippen molar-refractivity contribution in [1.82, 2.24) is 0 Å². The Hall–Kier alpha value is -1.12. The molecule has 3 nitrogen and oxygen atoms in total. The van der Waals surface area contributed by atoms with Gasteiger partial charge in [0.1, 0.15) is 0 Å². The summed E-state index contributed by atoms with van der Waals surface area (Å²) in [6, 6.07) is 0. The molecule has 1 aliphatic heterocycles. The molecule has 1 atom stereocenters. The van der Waals surface area contributed by atoms with Crippen LogP contribution in [0.3, 0.4) is 0 Å². The van der Waals surface area contributed by atoms with Gasteiger partial charge in [-0.2, -0.15) is 0 Å². The molecule has 0 N–H and O–H groups in total. The molecule has 0 aromatic rings. The van der Waals surface area contributed by atoms with Gasteiger partial charge >= 0.3 is 11.9 Å². The summed E-state index contributed by atoms with van der Waals surface area (Å²) in [6.07, 6.45) is 5.26. The Morgan fingerprint density at radius 2 is 2.20 bits per heavy atom. The molecule has 0 saturated carbocycles. The number of unbranched alkanes of at least 4 members (excludes halogenated alkanes) is 2. The number of cyclic esters (lactones) is 2. The second kappa shape index (κ2) is 5.69. The highest BCUT2D eigenvalue weighted by Crippen LogP contribution is 2.24. The summed E-state index contributed by atoms with van der Waals surface area (Å²) in [6.45, 7) is 6.08. The number of ether oxygens (including phenoxy) is 1. The topological polar surface area (TPSA) is 43.4 Å². The van der Waals surface area contributed by atoms with Crippen molar-refractivity contribution >= 4 is 11.9 Å². The molecule has 1 saturated heterocycles. The number of hydrogen-bond donors (Lipinski definition) is 0. The van der Waals surface area contributed by atoms with Crippen LogP contribution in [0.15, 0.2) is 12.2 Å². The second-order valence-electron chi connectivity index (χ2n) is 4.11. The van der Waals surface area contributed by atoms with Gasteiger partial charge in [0.05, 0.1) is 12.3 Å². The van der Waals surface area contributed by atoms with E-state index in [1.54, 1.807) is 0 Å². The molecule has 0 spiro atoms. The summed E-state index contributed by atoms with van der Waals surface area (Å²) in [5.74, 6) is -1.05. The fraction of sp³-hybridized carbons (Fsp3) is 0.667. The monoisotopic (exact) mass is 210 g/mol. The lowest BCUT2D eigenvalue weighted by atomic mass is 9.95. The van der Waals surface area contributed by atoms with Crippen molar-refractivity contribution in [1.29, 1.82) is 0 Å². The number of hydrogen-bond acceptors (Lipinski definition) is 3. The maximum absolute atomic E-state index is 11.2. The van der Waals surface area contributed by atoms with Crippen molar-refractivity contribution in [3.63, 3.8) is 0 Å². The van der Waals surface area contributed by atoms with E-state index in [-0.39, 0.29) is 18.3 Å². The lowest BCUT2D eigenvalue weighted by Gasteiger charge is -2.07. The summed E-state index contributed by atoms with van der Waals surface area (Å²) in [5, 5.41) is 0. The predicted molar refractivity (Wildman–Crippen MR) is 57.1 cm³/mol. The Kier molecular flexibility index (Phi) is 4.53. The van der Waals surface area contributed by atoms with E-state index in [9.17, 15) is 9.59 Å². The maximum Gasteiger partial charge on any atom is 0.317 e. The molecule has 1 rings (SSSR count). The van der Waals surface area contributed by atoms with Gasteiger partial charge in [-0.3, -0.25) is 9.59 Å². The second-order valence-corrected chi connectivity index (χ2v) is 4.11. The van der Waals surface area contributed by atoms with Crippen molar-refractivity contribution in [2.75, 3.05) is 0 Å². The molecule has 1 aliphatic rings. The largest absolute Gasteiger partial charge is 0.393 e.